The summed E-state index contributed by atoms with van der Waals surface area (Å²) in [5.74, 6) is -0.679. The van der Waals surface area contributed by atoms with E-state index in [0.29, 0.717) is 38.4 Å². The standard InChI is InChI=1S/C24H32N6O3/c1-17-5-7-19(8-6-17)16-29-9-4-10-30-21(24(29)33)15-20(26-30)22(31)25-18(2)23(32)28-13-11-27(3)12-14-28/h5-8,15,18H,4,9-14,16H2,1-3H3,(H,25,31). The summed E-state index contributed by atoms with van der Waals surface area (Å²) in [5.41, 5.74) is 2.81. The van der Waals surface area contributed by atoms with Crippen LogP contribution in [0.1, 0.15) is 45.4 Å². The van der Waals surface area contributed by atoms with Gasteiger partial charge in [-0.2, -0.15) is 5.10 Å². The highest BCUT2D eigenvalue weighted by Crippen LogP contribution is 2.17. The molecule has 176 valence electrons. The Morgan fingerprint density at radius 2 is 1.76 bits per heavy atom. The first kappa shape index (κ1) is 23.0. The highest BCUT2D eigenvalue weighted by Gasteiger charge is 2.29. The maximum atomic E-state index is 13.2. The zero-order valence-corrected chi connectivity index (χ0v) is 19.6. The van der Waals surface area contributed by atoms with E-state index in [-0.39, 0.29) is 17.5 Å². The maximum Gasteiger partial charge on any atom is 0.272 e. The molecule has 0 aliphatic carbocycles. The van der Waals surface area contributed by atoms with E-state index < -0.39 is 11.9 Å². The Morgan fingerprint density at radius 3 is 2.45 bits per heavy atom. The van der Waals surface area contributed by atoms with Gasteiger partial charge in [0.1, 0.15) is 11.7 Å². The lowest BCUT2D eigenvalue weighted by Gasteiger charge is -2.34. The van der Waals surface area contributed by atoms with Crippen molar-refractivity contribution in [3.63, 3.8) is 0 Å². The molecule has 0 bridgehead atoms. The molecule has 2 aliphatic heterocycles. The largest absolute Gasteiger partial charge is 0.339 e. The fourth-order valence-electron chi connectivity index (χ4n) is 4.24. The molecule has 9 heteroatoms. The molecule has 4 rings (SSSR count). The van der Waals surface area contributed by atoms with Crippen LogP contribution in [0.5, 0.6) is 0 Å². The number of hydrogen-bond donors (Lipinski definition) is 1. The minimum Gasteiger partial charge on any atom is -0.339 e. The molecule has 0 radical (unpaired) electrons. The molecule has 0 spiro atoms. The predicted molar refractivity (Wildman–Crippen MR) is 124 cm³/mol. The van der Waals surface area contributed by atoms with Crippen molar-refractivity contribution < 1.29 is 14.4 Å². The number of hydrogen-bond acceptors (Lipinski definition) is 5. The molecule has 1 unspecified atom stereocenters. The smallest absolute Gasteiger partial charge is 0.272 e. The lowest BCUT2D eigenvalue weighted by Crippen LogP contribution is -2.53. The summed E-state index contributed by atoms with van der Waals surface area (Å²) in [4.78, 5) is 44.4. The number of likely N-dealkylation sites (N-methyl/N-ethyl adjacent to an activating group) is 1. The van der Waals surface area contributed by atoms with E-state index in [2.05, 4.69) is 15.3 Å². The Labute approximate surface area is 194 Å². The number of carbonyl (C=O) groups excluding carboxylic acids is 3. The SMILES string of the molecule is Cc1ccc(CN2CCCn3nc(C(=O)NC(C)C(=O)N4CCN(C)CC4)cc3C2=O)cc1. The third kappa shape index (κ3) is 5.24. The fraction of sp³-hybridized carbons (Fsp3) is 0.500. The summed E-state index contributed by atoms with van der Waals surface area (Å²) in [5, 5.41) is 7.13. The van der Waals surface area contributed by atoms with Gasteiger partial charge in [-0.1, -0.05) is 29.8 Å². The van der Waals surface area contributed by atoms with Crippen molar-refractivity contribution in [2.24, 2.45) is 0 Å². The molecular weight excluding hydrogens is 420 g/mol. The second-order valence-corrected chi connectivity index (χ2v) is 9.03. The van der Waals surface area contributed by atoms with E-state index in [0.717, 1.165) is 25.1 Å². The fourth-order valence-corrected chi connectivity index (χ4v) is 4.24. The molecule has 2 aliphatic rings. The minimum absolute atomic E-state index is 0.0995. The summed E-state index contributed by atoms with van der Waals surface area (Å²) < 4.78 is 1.61. The van der Waals surface area contributed by atoms with Gasteiger partial charge in [0.15, 0.2) is 5.69 Å². The molecule has 1 atom stereocenters. The Kier molecular flexibility index (Phi) is 6.78. The van der Waals surface area contributed by atoms with Crippen molar-refractivity contribution in [3.8, 4) is 0 Å². The van der Waals surface area contributed by atoms with E-state index in [1.807, 2.05) is 38.2 Å². The summed E-state index contributed by atoms with van der Waals surface area (Å²) in [6.07, 6.45) is 0.756. The van der Waals surface area contributed by atoms with Crippen LogP contribution in [0, 0.1) is 6.92 Å². The number of nitrogens with one attached hydrogen (secondary N) is 1. The van der Waals surface area contributed by atoms with Gasteiger partial charge in [-0.25, -0.2) is 0 Å². The molecule has 2 aromatic rings. The number of rotatable bonds is 5. The Morgan fingerprint density at radius 1 is 1.06 bits per heavy atom. The van der Waals surface area contributed by atoms with Crippen LogP contribution >= 0.6 is 0 Å². The van der Waals surface area contributed by atoms with Crippen LogP contribution in [0.2, 0.25) is 0 Å². The van der Waals surface area contributed by atoms with Crippen molar-refractivity contribution in [1.29, 1.82) is 0 Å². The second-order valence-electron chi connectivity index (χ2n) is 9.03. The summed E-state index contributed by atoms with van der Waals surface area (Å²) >= 11 is 0. The molecule has 1 saturated heterocycles. The lowest BCUT2D eigenvalue weighted by atomic mass is 10.1. The lowest BCUT2D eigenvalue weighted by molar-refractivity contribution is -0.134. The molecule has 1 N–H and O–H groups in total. The molecule has 1 aromatic carbocycles. The van der Waals surface area contributed by atoms with Crippen LogP contribution in [-0.4, -0.2) is 88.0 Å². The van der Waals surface area contributed by atoms with Gasteiger partial charge in [0.05, 0.1) is 0 Å². The molecule has 0 saturated carbocycles. The van der Waals surface area contributed by atoms with Crippen LogP contribution in [0.15, 0.2) is 30.3 Å². The number of amides is 3. The minimum atomic E-state index is -0.656. The van der Waals surface area contributed by atoms with Crippen LogP contribution in [0.4, 0.5) is 0 Å². The number of nitrogens with zero attached hydrogens (tertiary/aromatic N) is 5. The zero-order chi connectivity index (χ0) is 23.5. The molecule has 9 nitrogen and oxygen atoms in total. The van der Waals surface area contributed by atoms with Gasteiger partial charge >= 0.3 is 0 Å². The van der Waals surface area contributed by atoms with Gasteiger partial charge < -0.3 is 20.0 Å². The molecule has 1 fully saturated rings. The number of benzene rings is 1. The maximum absolute atomic E-state index is 13.2. The van der Waals surface area contributed by atoms with Gasteiger partial charge in [-0.15, -0.1) is 0 Å². The number of piperazine rings is 1. The summed E-state index contributed by atoms with van der Waals surface area (Å²) in [6, 6.07) is 9.02. The van der Waals surface area contributed by atoms with Crippen molar-refractivity contribution >= 4 is 17.7 Å². The number of aromatic nitrogens is 2. The molecule has 3 heterocycles. The van der Waals surface area contributed by atoms with Crippen LogP contribution < -0.4 is 5.32 Å². The Bertz CT molecular complexity index is 1020. The van der Waals surface area contributed by atoms with Crippen LogP contribution in [-0.2, 0) is 17.9 Å². The second kappa shape index (κ2) is 9.74. The monoisotopic (exact) mass is 452 g/mol. The summed E-state index contributed by atoms with van der Waals surface area (Å²) in [7, 11) is 2.03. The van der Waals surface area contributed by atoms with E-state index in [9.17, 15) is 14.4 Å². The van der Waals surface area contributed by atoms with Crippen LogP contribution in [0.3, 0.4) is 0 Å². The topological polar surface area (TPSA) is 90.8 Å². The third-order valence-electron chi connectivity index (χ3n) is 6.34. The molecule has 3 amide bonds. The van der Waals surface area contributed by atoms with Crippen molar-refractivity contribution in [1.82, 2.24) is 29.8 Å². The Balaban J connectivity index is 1.42. The molecular formula is C24H32N6O3. The van der Waals surface area contributed by atoms with Crippen molar-refractivity contribution in [2.75, 3.05) is 39.8 Å². The first-order chi connectivity index (χ1) is 15.8. The average molecular weight is 453 g/mol. The van der Waals surface area contributed by atoms with Gasteiger partial charge in [0.2, 0.25) is 5.91 Å². The highest BCUT2D eigenvalue weighted by molar-refractivity contribution is 5.99. The zero-order valence-electron chi connectivity index (χ0n) is 19.6. The molecule has 1 aromatic heterocycles. The van der Waals surface area contributed by atoms with Crippen molar-refractivity contribution in [3.05, 3.63) is 52.8 Å². The normalized spacial score (nSPS) is 18.0. The number of aryl methyl sites for hydroxylation is 2. The highest BCUT2D eigenvalue weighted by atomic mass is 16.2. The summed E-state index contributed by atoms with van der Waals surface area (Å²) in [6.45, 7) is 8.38. The Hall–Kier alpha value is -3.20. The first-order valence-electron chi connectivity index (χ1n) is 11.5. The quantitative estimate of drug-likeness (QED) is 0.735. The van der Waals surface area contributed by atoms with Crippen molar-refractivity contribution in [2.45, 2.75) is 39.4 Å². The first-order valence-corrected chi connectivity index (χ1v) is 11.5. The van der Waals surface area contributed by atoms with E-state index in [4.69, 9.17) is 0 Å². The number of fused-ring (bicyclic) bond motifs is 1. The average Bonchev–Trinajstić information content (AvgIpc) is 3.18. The van der Waals surface area contributed by atoms with Gasteiger partial charge in [0, 0.05) is 51.9 Å². The van der Waals surface area contributed by atoms with Gasteiger partial charge in [-0.3, -0.25) is 19.1 Å². The third-order valence-corrected chi connectivity index (χ3v) is 6.34. The molecule has 33 heavy (non-hydrogen) atoms. The predicted octanol–water partition coefficient (Wildman–Crippen LogP) is 1.13. The van der Waals surface area contributed by atoms with E-state index >= 15 is 0 Å². The van der Waals surface area contributed by atoms with E-state index in [1.54, 1.807) is 21.4 Å². The van der Waals surface area contributed by atoms with Gasteiger partial charge in [0.25, 0.3) is 11.8 Å². The van der Waals surface area contributed by atoms with Gasteiger partial charge in [-0.05, 0) is 32.9 Å². The van der Waals surface area contributed by atoms with E-state index in [1.165, 1.54) is 11.6 Å². The number of carbonyl (C=O) groups is 3. The van der Waals surface area contributed by atoms with Crippen LogP contribution in [0.25, 0.3) is 0 Å².